The van der Waals surface area contributed by atoms with Gasteiger partial charge in [-0.1, -0.05) is 63.2 Å². The molecule has 1 N–H and O–H groups in total. The molecular weight excluding hydrogens is 602 g/mol. The van der Waals surface area contributed by atoms with E-state index in [1.54, 1.807) is 7.11 Å². The molecule has 0 aliphatic carbocycles. The minimum absolute atomic E-state index is 0.00480. The van der Waals surface area contributed by atoms with E-state index in [-0.39, 0.29) is 55.9 Å². The van der Waals surface area contributed by atoms with Crippen LogP contribution < -0.4 is 10.1 Å². The van der Waals surface area contributed by atoms with Crippen molar-refractivity contribution in [1.29, 1.82) is 0 Å². The fourth-order valence-corrected chi connectivity index (χ4v) is 8.08. The number of benzene rings is 2. The van der Waals surface area contributed by atoms with Crippen LogP contribution >= 0.6 is 0 Å². The molecule has 10 nitrogen and oxygen atoms in total. The number of piperazine rings is 1. The van der Waals surface area contributed by atoms with Gasteiger partial charge in [0.05, 0.1) is 26.3 Å². The second-order valence-corrected chi connectivity index (χ2v) is 15.6. The van der Waals surface area contributed by atoms with Crippen LogP contribution in [0.5, 0.6) is 5.75 Å². The lowest BCUT2D eigenvalue weighted by Gasteiger charge is -2.42. The number of carbonyl (C=O) groups excluding carboxylic acids is 3. The van der Waals surface area contributed by atoms with Gasteiger partial charge in [0.15, 0.2) is 0 Å². The lowest BCUT2D eigenvalue weighted by molar-refractivity contribution is -0.145. The highest BCUT2D eigenvalue weighted by atomic mass is 28.4. The van der Waals surface area contributed by atoms with Gasteiger partial charge in [0.25, 0.3) is 0 Å². The molecule has 1 saturated heterocycles. The van der Waals surface area contributed by atoms with E-state index in [1.165, 1.54) is 0 Å². The molecule has 2 atom stereocenters. The Balaban J connectivity index is 1.57. The molecule has 2 aromatic carbocycles. The van der Waals surface area contributed by atoms with Crippen LogP contribution in [-0.4, -0.2) is 88.2 Å². The van der Waals surface area contributed by atoms with Crippen LogP contribution in [0.1, 0.15) is 64.5 Å². The number of nitrogens with one attached hydrogen (secondary N) is 1. The summed E-state index contributed by atoms with van der Waals surface area (Å²) >= 11 is 0. The molecule has 1 aliphatic rings. The number of hydrogen-bond donors (Lipinski definition) is 1. The molecule has 1 heterocycles. The summed E-state index contributed by atoms with van der Waals surface area (Å²) in [6, 6.07) is 18.6. The minimum atomic E-state index is -2.46. The Labute approximate surface area is 276 Å². The SMILES string of the molecule is CCC(C)O[Si](CC)(CC)OCC1CN(C(=O)CCCC(=O)OCc2ccccc2)CCN1CC(=O)NCc1ccc(OC)cc1. The van der Waals surface area contributed by atoms with Gasteiger partial charge in [-0.25, -0.2) is 0 Å². The van der Waals surface area contributed by atoms with Crippen LogP contribution in [0.4, 0.5) is 0 Å². The number of carbonyl (C=O) groups is 3. The molecule has 0 spiro atoms. The largest absolute Gasteiger partial charge is 0.497 e. The van der Waals surface area contributed by atoms with E-state index >= 15 is 0 Å². The van der Waals surface area contributed by atoms with E-state index in [0.29, 0.717) is 39.2 Å². The first-order chi connectivity index (χ1) is 22.2. The highest BCUT2D eigenvalue weighted by Crippen LogP contribution is 2.24. The number of rotatable bonds is 19. The molecule has 2 amide bonds. The van der Waals surface area contributed by atoms with Crippen LogP contribution in [0.25, 0.3) is 0 Å². The maximum Gasteiger partial charge on any atom is 0.337 e. The van der Waals surface area contributed by atoms with Crippen molar-refractivity contribution in [2.75, 3.05) is 39.9 Å². The first-order valence-corrected chi connectivity index (χ1v) is 18.9. The average molecular weight is 656 g/mol. The zero-order valence-corrected chi connectivity index (χ0v) is 29.3. The van der Waals surface area contributed by atoms with Crippen molar-refractivity contribution < 1.29 is 32.7 Å². The third-order valence-corrected chi connectivity index (χ3v) is 12.3. The molecule has 0 bridgehead atoms. The standard InChI is InChI=1S/C35H53N3O7Si/c1-6-28(4)45-46(7-2,8-3)44-27-31-24-38(34(40)15-12-16-35(41)43-26-30-13-10-9-11-14-30)22-21-37(31)25-33(39)36-23-29-17-19-32(42-5)20-18-29/h9-11,13-14,17-20,28,31H,6-8,12,15-16,21-27H2,1-5H3,(H,36,39). The van der Waals surface area contributed by atoms with Crippen molar-refractivity contribution in [2.24, 2.45) is 0 Å². The Morgan fingerprint density at radius 3 is 2.33 bits per heavy atom. The van der Waals surface area contributed by atoms with Gasteiger partial charge < -0.3 is 28.5 Å². The molecule has 3 rings (SSSR count). The van der Waals surface area contributed by atoms with E-state index in [4.69, 9.17) is 18.3 Å². The average Bonchev–Trinajstić information content (AvgIpc) is 3.09. The molecular formula is C35H53N3O7Si. The normalized spacial score (nSPS) is 16.1. The van der Waals surface area contributed by atoms with Gasteiger partial charge in [-0.05, 0) is 55.1 Å². The molecule has 0 radical (unpaired) electrons. The molecule has 254 valence electrons. The van der Waals surface area contributed by atoms with Gasteiger partial charge in [0.2, 0.25) is 11.8 Å². The van der Waals surface area contributed by atoms with E-state index in [9.17, 15) is 14.4 Å². The number of nitrogens with zero attached hydrogens (tertiary/aromatic N) is 2. The van der Waals surface area contributed by atoms with Crippen LogP contribution in [-0.2, 0) is 41.1 Å². The molecule has 0 aromatic heterocycles. The maximum atomic E-state index is 13.2. The summed E-state index contributed by atoms with van der Waals surface area (Å²) in [6.07, 6.45) is 1.88. The van der Waals surface area contributed by atoms with Gasteiger partial charge in [-0.2, -0.15) is 0 Å². The van der Waals surface area contributed by atoms with E-state index in [0.717, 1.165) is 35.4 Å². The first-order valence-electron chi connectivity index (χ1n) is 16.6. The topological polar surface area (TPSA) is 107 Å². The molecule has 46 heavy (non-hydrogen) atoms. The summed E-state index contributed by atoms with van der Waals surface area (Å²) in [5.74, 6) is 0.370. The third-order valence-electron chi connectivity index (χ3n) is 8.57. The van der Waals surface area contributed by atoms with Crippen molar-refractivity contribution in [3.05, 3.63) is 65.7 Å². The highest BCUT2D eigenvalue weighted by Gasteiger charge is 2.38. The molecule has 11 heteroatoms. The Morgan fingerprint density at radius 1 is 0.957 bits per heavy atom. The van der Waals surface area contributed by atoms with Gasteiger partial charge >= 0.3 is 14.5 Å². The summed E-state index contributed by atoms with van der Waals surface area (Å²) in [6.45, 7) is 11.2. The zero-order chi connectivity index (χ0) is 33.4. The Bertz CT molecular complexity index is 1210. The molecule has 2 aromatic rings. The predicted molar refractivity (Wildman–Crippen MR) is 180 cm³/mol. The fraction of sp³-hybridized carbons (Fsp3) is 0.571. The fourth-order valence-electron chi connectivity index (χ4n) is 5.38. The monoisotopic (exact) mass is 655 g/mol. The van der Waals surface area contributed by atoms with Gasteiger partial charge in [0, 0.05) is 45.1 Å². The minimum Gasteiger partial charge on any atom is -0.497 e. The van der Waals surface area contributed by atoms with E-state index in [2.05, 4.69) is 37.9 Å². The zero-order valence-electron chi connectivity index (χ0n) is 28.3. The first kappa shape index (κ1) is 37.2. The van der Waals surface area contributed by atoms with Crippen molar-refractivity contribution in [1.82, 2.24) is 15.1 Å². The Morgan fingerprint density at radius 2 is 1.67 bits per heavy atom. The Hall–Kier alpha value is -3.25. The van der Waals surface area contributed by atoms with Gasteiger partial charge in [-0.3, -0.25) is 19.3 Å². The summed E-state index contributed by atoms with van der Waals surface area (Å²) in [7, 11) is -0.832. The van der Waals surface area contributed by atoms with Gasteiger partial charge in [0.1, 0.15) is 12.4 Å². The van der Waals surface area contributed by atoms with Crippen molar-refractivity contribution in [3.8, 4) is 5.75 Å². The number of esters is 1. The number of amides is 2. The maximum absolute atomic E-state index is 13.2. The molecule has 1 fully saturated rings. The highest BCUT2D eigenvalue weighted by molar-refractivity contribution is 6.67. The second-order valence-electron chi connectivity index (χ2n) is 11.9. The van der Waals surface area contributed by atoms with Crippen LogP contribution in [0.15, 0.2) is 54.6 Å². The van der Waals surface area contributed by atoms with Crippen molar-refractivity contribution in [2.45, 2.75) is 90.8 Å². The van der Waals surface area contributed by atoms with E-state index in [1.807, 2.05) is 59.5 Å². The van der Waals surface area contributed by atoms with Crippen LogP contribution in [0, 0.1) is 0 Å². The molecule has 2 unspecified atom stereocenters. The van der Waals surface area contributed by atoms with Gasteiger partial charge in [-0.15, -0.1) is 0 Å². The Kier molecular flexibility index (Phi) is 15.7. The summed E-state index contributed by atoms with van der Waals surface area (Å²) < 4.78 is 23.7. The summed E-state index contributed by atoms with van der Waals surface area (Å²) in [4.78, 5) is 42.5. The predicted octanol–water partition coefficient (Wildman–Crippen LogP) is 5.05. The quantitative estimate of drug-likeness (QED) is 0.166. The lowest BCUT2D eigenvalue weighted by atomic mass is 10.1. The number of ether oxygens (including phenoxy) is 2. The summed E-state index contributed by atoms with van der Waals surface area (Å²) in [5, 5.41) is 3.02. The lowest BCUT2D eigenvalue weighted by Crippen LogP contribution is -2.59. The number of methoxy groups -OCH3 is 1. The van der Waals surface area contributed by atoms with E-state index < -0.39 is 8.56 Å². The van der Waals surface area contributed by atoms with Crippen molar-refractivity contribution in [3.63, 3.8) is 0 Å². The smallest absolute Gasteiger partial charge is 0.337 e. The van der Waals surface area contributed by atoms with Crippen LogP contribution in [0.3, 0.4) is 0 Å². The second kappa shape index (κ2) is 19.4. The third kappa shape index (κ3) is 12.2. The molecule has 1 aliphatic heterocycles. The van der Waals surface area contributed by atoms with Crippen molar-refractivity contribution >= 4 is 26.3 Å². The summed E-state index contributed by atoms with van der Waals surface area (Å²) in [5.41, 5.74) is 1.91. The van der Waals surface area contributed by atoms with Crippen LogP contribution in [0.2, 0.25) is 12.1 Å². The number of hydrogen-bond acceptors (Lipinski definition) is 8. The molecule has 0 saturated carbocycles.